The smallest absolute Gasteiger partial charge is 0.335 e. The molecule has 0 saturated carbocycles. The molecule has 0 amide bonds. The Labute approximate surface area is 165 Å². The largest absolute Gasteiger partial charge is 0.478 e. The zero-order chi connectivity index (χ0) is 20.4. The van der Waals surface area contributed by atoms with Gasteiger partial charge in [-0.2, -0.15) is 0 Å². The fourth-order valence-corrected chi connectivity index (χ4v) is 2.95. The molecule has 0 unspecified atom stereocenters. The predicted octanol–water partition coefficient (Wildman–Crippen LogP) is 5.28. The lowest BCUT2D eigenvalue weighted by Crippen LogP contribution is -1.95. The van der Waals surface area contributed by atoms with Gasteiger partial charge in [0.15, 0.2) is 5.76 Å². The van der Waals surface area contributed by atoms with Crippen LogP contribution in [0.1, 0.15) is 10.4 Å². The molecule has 2 heterocycles. The van der Waals surface area contributed by atoms with E-state index in [4.69, 9.17) is 9.52 Å². The van der Waals surface area contributed by atoms with Gasteiger partial charge < -0.3 is 9.52 Å². The quantitative estimate of drug-likeness (QED) is 0.369. The van der Waals surface area contributed by atoms with Crippen molar-refractivity contribution in [2.75, 3.05) is 0 Å². The van der Waals surface area contributed by atoms with Gasteiger partial charge in [0.1, 0.15) is 5.69 Å². The van der Waals surface area contributed by atoms with Crippen molar-refractivity contribution in [2.45, 2.75) is 0 Å². The van der Waals surface area contributed by atoms with Gasteiger partial charge >= 0.3 is 5.97 Å². The summed E-state index contributed by atoms with van der Waals surface area (Å²) in [4.78, 5) is 26.2. The van der Waals surface area contributed by atoms with Gasteiger partial charge in [-0.25, -0.2) is 9.78 Å². The van der Waals surface area contributed by atoms with Crippen LogP contribution in [0.25, 0.3) is 33.8 Å². The number of aromatic carboxylic acids is 1. The van der Waals surface area contributed by atoms with E-state index in [-0.39, 0.29) is 11.3 Å². The normalized spacial score (nSPS) is 10.6. The van der Waals surface area contributed by atoms with Gasteiger partial charge in [-0.1, -0.05) is 12.1 Å². The highest BCUT2D eigenvalue weighted by Crippen LogP contribution is 2.31. The number of hydrogen-bond acceptors (Lipinski definition) is 5. The molecular formula is C22H14N2O5. The molecule has 0 aliphatic rings. The maximum Gasteiger partial charge on any atom is 0.335 e. The third-order valence-corrected chi connectivity index (χ3v) is 4.44. The Morgan fingerprint density at radius 2 is 1.55 bits per heavy atom. The lowest BCUT2D eigenvalue weighted by molar-refractivity contribution is -0.384. The summed E-state index contributed by atoms with van der Waals surface area (Å²) < 4.78 is 5.47. The van der Waals surface area contributed by atoms with Gasteiger partial charge in [0.25, 0.3) is 5.69 Å². The molecule has 0 saturated heterocycles. The molecule has 0 aliphatic carbocycles. The fourth-order valence-electron chi connectivity index (χ4n) is 2.95. The second kappa shape index (κ2) is 7.40. The number of furan rings is 1. The highest BCUT2D eigenvalue weighted by Gasteiger charge is 2.12. The number of pyridine rings is 1. The van der Waals surface area contributed by atoms with Crippen LogP contribution in [0.4, 0.5) is 5.69 Å². The number of nitrogens with zero attached hydrogens (tertiary/aromatic N) is 2. The van der Waals surface area contributed by atoms with E-state index in [1.807, 2.05) is 12.1 Å². The van der Waals surface area contributed by atoms with E-state index in [2.05, 4.69) is 4.98 Å². The maximum absolute atomic E-state index is 11.1. The summed E-state index contributed by atoms with van der Waals surface area (Å²) in [7, 11) is 0. The summed E-state index contributed by atoms with van der Waals surface area (Å²) in [5.74, 6) is -0.411. The summed E-state index contributed by atoms with van der Waals surface area (Å²) in [5, 5.41) is 20.0. The third-order valence-electron chi connectivity index (χ3n) is 4.44. The first-order chi connectivity index (χ1) is 14.0. The third kappa shape index (κ3) is 3.74. The zero-order valence-electron chi connectivity index (χ0n) is 15.0. The monoisotopic (exact) mass is 386 g/mol. The van der Waals surface area contributed by atoms with Crippen LogP contribution in [0.15, 0.2) is 83.5 Å². The molecule has 1 N–H and O–H groups in total. The van der Waals surface area contributed by atoms with Crippen LogP contribution >= 0.6 is 0 Å². The summed E-state index contributed by atoms with van der Waals surface area (Å²) in [6.45, 7) is 0. The van der Waals surface area contributed by atoms with Crippen LogP contribution in [-0.4, -0.2) is 21.0 Å². The van der Waals surface area contributed by atoms with E-state index in [0.29, 0.717) is 22.7 Å². The first kappa shape index (κ1) is 18.1. The molecule has 2 aromatic heterocycles. The summed E-state index contributed by atoms with van der Waals surface area (Å²) in [6, 6.07) is 19.9. The van der Waals surface area contributed by atoms with E-state index >= 15 is 0 Å². The molecule has 0 bridgehead atoms. The second-order valence-corrected chi connectivity index (χ2v) is 6.29. The highest BCUT2D eigenvalue weighted by molar-refractivity contribution is 5.88. The molecule has 0 radical (unpaired) electrons. The lowest BCUT2D eigenvalue weighted by Gasteiger charge is -2.09. The summed E-state index contributed by atoms with van der Waals surface area (Å²) in [6.07, 6.45) is 1.55. The van der Waals surface area contributed by atoms with Gasteiger partial charge in [-0.05, 0) is 59.7 Å². The summed E-state index contributed by atoms with van der Waals surface area (Å²) in [5.41, 5.74) is 3.76. The first-order valence-electron chi connectivity index (χ1n) is 8.66. The van der Waals surface area contributed by atoms with Gasteiger partial charge in [0, 0.05) is 17.7 Å². The molecule has 0 spiro atoms. The Bertz CT molecular complexity index is 1110. The van der Waals surface area contributed by atoms with Crippen LogP contribution in [0.5, 0.6) is 0 Å². The molecular weight excluding hydrogens is 372 g/mol. The van der Waals surface area contributed by atoms with Crippen LogP contribution in [0.2, 0.25) is 0 Å². The van der Waals surface area contributed by atoms with E-state index < -0.39 is 10.9 Å². The van der Waals surface area contributed by atoms with Crippen molar-refractivity contribution in [1.29, 1.82) is 0 Å². The number of nitro groups is 1. The topological polar surface area (TPSA) is 106 Å². The van der Waals surface area contributed by atoms with E-state index in [1.165, 1.54) is 24.3 Å². The number of hydrogen-bond donors (Lipinski definition) is 1. The van der Waals surface area contributed by atoms with E-state index in [0.717, 1.165) is 11.1 Å². The van der Waals surface area contributed by atoms with Crippen molar-refractivity contribution in [3.8, 4) is 33.8 Å². The van der Waals surface area contributed by atoms with Crippen LogP contribution in [0, 0.1) is 10.1 Å². The Balaban J connectivity index is 1.83. The van der Waals surface area contributed by atoms with E-state index in [9.17, 15) is 14.9 Å². The average molecular weight is 386 g/mol. The highest BCUT2D eigenvalue weighted by atomic mass is 16.6. The lowest BCUT2D eigenvalue weighted by atomic mass is 10.0. The Hall–Kier alpha value is -4.26. The molecule has 0 aliphatic heterocycles. The van der Waals surface area contributed by atoms with Crippen LogP contribution in [0.3, 0.4) is 0 Å². The van der Waals surface area contributed by atoms with Gasteiger partial charge in [-0.15, -0.1) is 0 Å². The predicted molar refractivity (Wildman–Crippen MR) is 106 cm³/mol. The van der Waals surface area contributed by atoms with E-state index in [1.54, 1.807) is 42.7 Å². The minimum atomic E-state index is -0.992. The Morgan fingerprint density at radius 1 is 0.897 bits per heavy atom. The van der Waals surface area contributed by atoms with Gasteiger partial charge in [0.2, 0.25) is 0 Å². The van der Waals surface area contributed by atoms with Gasteiger partial charge in [0.05, 0.1) is 22.4 Å². The van der Waals surface area contributed by atoms with Crippen LogP contribution < -0.4 is 0 Å². The molecule has 4 rings (SSSR count). The number of nitro benzene ring substituents is 1. The van der Waals surface area contributed by atoms with Crippen molar-refractivity contribution in [3.63, 3.8) is 0 Å². The van der Waals surface area contributed by atoms with Gasteiger partial charge in [-0.3, -0.25) is 10.1 Å². The number of carboxylic acids is 1. The van der Waals surface area contributed by atoms with Crippen molar-refractivity contribution >= 4 is 11.7 Å². The average Bonchev–Trinajstić information content (AvgIpc) is 3.28. The molecule has 2 aromatic carbocycles. The number of benzene rings is 2. The molecule has 4 aromatic rings. The van der Waals surface area contributed by atoms with Crippen molar-refractivity contribution in [3.05, 3.63) is 94.7 Å². The molecule has 7 heteroatoms. The summed E-state index contributed by atoms with van der Waals surface area (Å²) >= 11 is 0. The van der Waals surface area contributed by atoms with Crippen molar-refractivity contribution in [1.82, 2.24) is 4.98 Å². The molecule has 7 nitrogen and oxygen atoms in total. The molecule has 0 atom stereocenters. The fraction of sp³-hybridized carbons (Fsp3) is 0. The SMILES string of the molecule is O=C(O)c1ccc(-c2cc(-c3ccc([N+](=O)[O-])cc3)nc(-c3ccco3)c2)cc1. The molecule has 142 valence electrons. The zero-order valence-corrected chi connectivity index (χ0v) is 15.0. The number of carboxylic acid groups (broad SMARTS) is 1. The Morgan fingerprint density at radius 3 is 2.14 bits per heavy atom. The molecule has 0 fully saturated rings. The minimum absolute atomic E-state index is 0.000391. The van der Waals surface area contributed by atoms with Crippen LogP contribution in [-0.2, 0) is 0 Å². The number of aromatic nitrogens is 1. The van der Waals surface area contributed by atoms with Crippen molar-refractivity contribution in [2.24, 2.45) is 0 Å². The minimum Gasteiger partial charge on any atom is -0.478 e. The number of rotatable bonds is 5. The maximum atomic E-state index is 11.1. The number of carbonyl (C=O) groups is 1. The second-order valence-electron chi connectivity index (χ2n) is 6.29. The standard InChI is InChI=1S/C22H14N2O5/c25-22(26)16-5-3-14(4-6-16)17-12-19(15-7-9-18(10-8-15)24(27)28)23-20(13-17)21-2-1-11-29-21/h1-13H,(H,25,26). The first-order valence-corrected chi connectivity index (χ1v) is 8.66. The Kier molecular flexibility index (Phi) is 4.62. The molecule has 29 heavy (non-hydrogen) atoms. The number of non-ortho nitro benzene ring substituents is 1. The van der Waals surface area contributed by atoms with Crippen molar-refractivity contribution < 1.29 is 19.2 Å².